The Bertz CT molecular complexity index is 578. The number of nitrogens with one attached hydrogen (secondary N) is 1. The topological polar surface area (TPSA) is 72.0 Å². The van der Waals surface area contributed by atoms with Gasteiger partial charge in [0.05, 0.1) is 12.1 Å². The van der Waals surface area contributed by atoms with Crippen LogP contribution >= 0.6 is 0 Å². The maximum atomic E-state index is 7.63. The van der Waals surface area contributed by atoms with E-state index in [2.05, 4.69) is 18.8 Å². The van der Waals surface area contributed by atoms with Gasteiger partial charge in [0.25, 0.3) is 0 Å². The second kappa shape index (κ2) is 5.04. The Morgan fingerprint density at radius 2 is 2.11 bits per heavy atom. The van der Waals surface area contributed by atoms with Crippen molar-refractivity contribution in [2.45, 2.75) is 13.8 Å². The highest BCUT2D eigenvalue weighted by molar-refractivity contribution is 6.06. The maximum absolute atomic E-state index is 7.63. The fourth-order valence-electron chi connectivity index (χ4n) is 1.70. The number of amidine groups is 1. The minimum absolute atomic E-state index is 0.0306. The summed E-state index contributed by atoms with van der Waals surface area (Å²) in [4.78, 5) is 4.42. The maximum Gasteiger partial charge on any atom is 0.214 e. The molecule has 0 bridgehead atoms. The SMILES string of the molecule is CC(C)COc1cc(C(=N)N)c2ccccc2n1. The van der Waals surface area contributed by atoms with Gasteiger partial charge < -0.3 is 10.5 Å². The van der Waals surface area contributed by atoms with E-state index in [0.717, 1.165) is 10.9 Å². The molecule has 0 atom stereocenters. The summed E-state index contributed by atoms with van der Waals surface area (Å²) in [6, 6.07) is 9.35. The highest BCUT2D eigenvalue weighted by Gasteiger charge is 2.09. The zero-order valence-electron chi connectivity index (χ0n) is 10.6. The number of benzene rings is 1. The highest BCUT2D eigenvalue weighted by atomic mass is 16.5. The van der Waals surface area contributed by atoms with Crippen molar-refractivity contribution < 1.29 is 4.74 Å². The van der Waals surface area contributed by atoms with E-state index >= 15 is 0 Å². The number of rotatable bonds is 4. The lowest BCUT2D eigenvalue weighted by Gasteiger charge is -2.11. The number of nitrogen functional groups attached to an aromatic ring is 1. The lowest BCUT2D eigenvalue weighted by Crippen LogP contribution is -2.13. The van der Waals surface area contributed by atoms with E-state index in [-0.39, 0.29) is 5.84 Å². The Morgan fingerprint density at radius 3 is 2.78 bits per heavy atom. The second-order valence-electron chi connectivity index (χ2n) is 4.64. The lowest BCUT2D eigenvalue weighted by atomic mass is 10.1. The van der Waals surface area contributed by atoms with Crippen molar-refractivity contribution in [3.8, 4) is 5.88 Å². The second-order valence-corrected chi connectivity index (χ2v) is 4.64. The summed E-state index contributed by atoms with van der Waals surface area (Å²) in [6.45, 7) is 4.75. The number of hydrogen-bond acceptors (Lipinski definition) is 3. The number of fused-ring (bicyclic) bond motifs is 1. The van der Waals surface area contributed by atoms with Gasteiger partial charge in [-0.25, -0.2) is 4.98 Å². The molecule has 0 unspecified atom stereocenters. The summed E-state index contributed by atoms with van der Waals surface area (Å²) in [7, 11) is 0. The van der Waals surface area contributed by atoms with E-state index in [4.69, 9.17) is 15.9 Å². The molecule has 0 saturated heterocycles. The first-order valence-electron chi connectivity index (χ1n) is 5.95. The van der Waals surface area contributed by atoms with E-state index in [0.29, 0.717) is 24.0 Å². The van der Waals surface area contributed by atoms with Crippen LogP contribution in [0.5, 0.6) is 5.88 Å². The van der Waals surface area contributed by atoms with Gasteiger partial charge in [0.2, 0.25) is 5.88 Å². The fraction of sp³-hybridized carbons (Fsp3) is 0.286. The van der Waals surface area contributed by atoms with Gasteiger partial charge >= 0.3 is 0 Å². The molecule has 1 aromatic carbocycles. The van der Waals surface area contributed by atoms with Crippen molar-refractivity contribution in [3.05, 3.63) is 35.9 Å². The number of hydrogen-bond donors (Lipinski definition) is 2. The number of ether oxygens (including phenoxy) is 1. The third kappa shape index (κ3) is 2.59. The normalized spacial score (nSPS) is 10.8. The van der Waals surface area contributed by atoms with Crippen molar-refractivity contribution >= 4 is 16.7 Å². The van der Waals surface area contributed by atoms with Gasteiger partial charge in [-0.1, -0.05) is 32.0 Å². The average Bonchev–Trinajstić information content (AvgIpc) is 2.35. The molecule has 94 valence electrons. The minimum Gasteiger partial charge on any atom is -0.477 e. The molecule has 0 saturated carbocycles. The summed E-state index contributed by atoms with van der Waals surface area (Å²) in [5.74, 6) is 0.981. The minimum atomic E-state index is 0.0306. The Kier molecular flexibility index (Phi) is 3.46. The van der Waals surface area contributed by atoms with E-state index in [9.17, 15) is 0 Å². The Morgan fingerprint density at radius 1 is 1.39 bits per heavy atom. The van der Waals surface area contributed by atoms with Crippen LogP contribution in [0.1, 0.15) is 19.4 Å². The molecular weight excluding hydrogens is 226 g/mol. The third-order valence-corrected chi connectivity index (χ3v) is 2.55. The highest BCUT2D eigenvalue weighted by Crippen LogP contribution is 2.21. The smallest absolute Gasteiger partial charge is 0.214 e. The molecule has 4 nitrogen and oxygen atoms in total. The molecule has 0 aliphatic rings. The van der Waals surface area contributed by atoms with Gasteiger partial charge in [0.1, 0.15) is 5.84 Å². The predicted octanol–water partition coefficient (Wildman–Crippen LogP) is 2.55. The molecule has 0 aliphatic carbocycles. The molecule has 18 heavy (non-hydrogen) atoms. The van der Waals surface area contributed by atoms with Crippen molar-refractivity contribution in [1.29, 1.82) is 5.41 Å². The van der Waals surface area contributed by atoms with Crippen LogP contribution in [0.4, 0.5) is 0 Å². The molecule has 3 N–H and O–H groups in total. The molecular formula is C14H17N3O. The Labute approximate surface area is 106 Å². The first-order chi connectivity index (χ1) is 8.58. The van der Waals surface area contributed by atoms with Gasteiger partial charge in [-0.05, 0) is 12.0 Å². The van der Waals surface area contributed by atoms with E-state index in [1.54, 1.807) is 6.07 Å². The van der Waals surface area contributed by atoms with E-state index < -0.39 is 0 Å². The van der Waals surface area contributed by atoms with Crippen LogP contribution in [-0.2, 0) is 0 Å². The quantitative estimate of drug-likeness (QED) is 0.640. The third-order valence-electron chi connectivity index (χ3n) is 2.55. The van der Waals surface area contributed by atoms with Crippen molar-refractivity contribution in [1.82, 2.24) is 4.98 Å². The summed E-state index contributed by atoms with van der Waals surface area (Å²) < 4.78 is 5.60. The number of aromatic nitrogens is 1. The Hall–Kier alpha value is -2.10. The first kappa shape index (κ1) is 12.4. The van der Waals surface area contributed by atoms with E-state index in [1.165, 1.54) is 0 Å². The van der Waals surface area contributed by atoms with Crippen molar-refractivity contribution in [2.24, 2.45) is 11.7 Å². The summed E-state index contributed by atoms with van der Waals surface area (Å²) in [6.07, 6.45) is 0. The molecule has 0 aliphatic heterocycles. The van der Waals surface area contributed by atoms with Gasteiger partial charge in [0, 0.05) is 17.0 Å². The summed E-state index contributed by atoms with van der Waals surface area (Å²) in [5.41, 5.74) is 7.07. The van der Waals surface area contributed by atoms with Gasteiger partial charge in [-0.3, -0.25) is 5.41 Å². The molecule has 2 aromatic rings. The predicted molar refractivity (Wildman–Crippen MR) is 73.1 cm³/mol. The van der Waals surface area contributed by atoms with Crippen LogP contribution in [0.15, 0.2) is 30.3 Å². The van der Waals surface area contributed by atoms with Crippen LogP contribution < -0.4 is 10.5 Å². The van der Waals surface area contributed by atoms with E-state index in [1.807, 2.05) is 24.3 Å². The van der Waals surface area contributed by atoms with Crippen LogP contribution in [0.25, 0.3) is 10.9 Å². The number of para-hydroxylation sites is 1. The molecule has 4 heteroatoms. The average molecular weight is 243 g/mol. The van der Waals surface area contributed by atoms with Crippen molar-refractivity contribution in [2.75, 3.05) is 6.61 Å². The standard InChI is InChI=1S/C14H17N3O/c1-9(2)8-18-13-7-11(14(15)16)10-5-3-4-6-12(10)17-13/h3-7,9H,8H2,1-2H3,(H3,15,16). The summed E-state index contributed by atoms with van der Waals surface area (Å²) >= 11 is 0. The molecule has 0 spiro atoms. The van der Waals surface area contributed by atoms with Gasteiger partial charge in [-0.2, -0.15) is 0 Å². The zero-order valence-corrected chi connectivity index (χ0v) is 10.6. The zero-order chi connectivity index (χ0) is 13.1. The van der Waals surface area contributed by atoms with Gasteiger partial charge in [-0.15, -0.1) is 0 Å². The Balaban J connectivity index is 2.47. The first-order valence-corrected chi connectivity index (χ1v) is 5.95. The molecule has 1 heterocycles. The van der Waals surface area contributed by atoms with Crippen molar-refractivity contribution in [3.63, 3.8) is 0 Å². The van der Waals surface area contributed by atoms with Gasteiger partial charge in [0.15, 0.2) is 0 Å². The molecule has 0 amide bonds. The monoisotopic (exact) mass is 243 g/mol. The molecule has 2 rings (SSSR count). The van der Waals surface area contributed by atoms with Crippen LogP contribution in [0.2, 0.25) is 0 Å². The largest absolute Gasteiger partial charge is 0.477 e. The molecule has 1 aromatic heterocycles. The number of nitrogens with zero attached hydrogens (tertiary/aromatic N) is 1. The number of nitrogens with two attached hydrogens (primary N) is 1. The van der Waals surface area contributed by atoms with Crippen LogP contribution in [-0.4, -0.2) is 17.4 Å². The molecule has 0 radical (unpaired) electrons. The fourth-order valence-corrected chi connectivity index (χ4v) is 1.70. The summed E-state index contributed by atoms with van der Waals surface area (Å²) in [5, 5.41) is 8.50. The lowest BCUT2D eigenvalue weighted by molar-refractivity contribution is 0.262. The van der Waals surface area contributed by atoms with Crippen LogP contribution in [0, 0.1) is 11.3 Å². The van der Waals surface area contributed by atoms with Crippen LogP contribution in [0.3, 0.4) is 0 Å². The molecule has 0 fully saturated rings. The number of pyridine rings is 1.